The Balaban J connectivity index is 1.63. The molecule has 0 unspecified atom stereocenters. The van der Waals surface area contributed by atoms with Crippen LogP contribution in [-0.2, 0) is 20.7 Å². The van der Waals surface area contributed by atoms with E-state index in [9.17, 15) is 23.1 Å². The number of aliphatic hydroxyl groups excluding tert-OH is 1. The number of ether oxygens (including phenoxy) is 3. The summed E-state index contributed by atoms with van der Waals surface area (Å²) in [5, 5.41) is 10.7. The van der Waals surface area contributed by atoms with E-state index in [0.717, 1.165) is 31.0 Å². The zero-order valence-electron chi connectivity index (χ0n) is 22.0. The lowest BCUT2D eigenvalue weighted by Crippen LogP contribution is -2.39. The van der Waals surface area contributed by atoms with E-state index in [1.54, 1.807) is 45.0 Å². The maximum atomic E-state index is 14.0. The fourth-order valence-electron chi connectivity index (χ4n) is 4.71. The number of hydrogen-bond donors (Lipinski definition) is 1. The lowest BCUT2D eigenvalue weighted by Gasteiger charge is -2.28. The van der Waals surface area contributed by atoms with Crippen LogP contribution in [0.15, 0.2) is 42.5 Å². The van der Waals surface area contributed by atoms with Crippen LogP contribution in [0.4, 0.5) is 13.2 Å². The Kier molecular flexibility index (Phi) is 11.2. The van der Waals surface area contributed by atoms with E-state index in [1.165, 1.54) is 12.1 Å². The van der Waals surface area contributed by atoms with Gasteiger partial charge >= 0.3 is 12.6 Å². The monoisotopic (exact) mass is 535 g/mol. The molecule has 1 N–H and O–H groups in total. The molecule has 0 spiro atoms. The summed E-state index contributed by atoms with van der Waals surface area (Å²) in [5.41, 5.74) is 2.34. The van der Waals surface area contributed by atoms with Gasteiger partial charge in [0.05, 0.1) is 25.4 Å². The molecule has 1 saturated heterocycles. The summed E-state index contributed by atoms with van der Waals surface area (Å²) in [6, 6.07) is 10.1. The van der Waals surface area contributed by atoms with Crippen molar-refractivity contribution in [3.8, 4) is 5.75 Å². The van der Waals surface area contributed by atoms with Crippen LogP contribution in [0.25, 0.3) is 6.08 Å². The molecule has 0 aliphatic carbocycles. The number of benzene rings is 2. The van der Waals surface area contributed by atoms with E-state index in [4.69, 9.17) is 9.47 Å². The minimum absolute atomic E-state index is 0.0184. The Morgan fingerprint density at radius 1 is 1.26 bits per heavy atom. The average molecular weight is 536 g/mol. The van der Waals surface area contributed by atoms with Gasteiger partial charge in [0, 0.05) is 24.2 Å². The van der Waals surface area contributed by atoms with Gasteiger partial charge in [-0.25, -0.2) is 9.18 Å². The van der Waals surface area contributed by atoms with Crippen molar-refractivity contribution in [3.63, 3.8) is 0 Å². The van der Waals surface area contributed by atoms with Gasteiger partial charge in [0.25, 0.3) is 0 Å². The first-order chi connectivity index (χ1) is 18.2. The summed E-state index contributed by atoms with van der Waals surface area (Å²) in [6.07, 6.45) is 3.81. The summed E-state index contributed by atoms with van der Waals surface area (Å²) in [6.45, 7) is 3.53. The van der Waals surface area contributed by atoms with Crippen molar-refractivity contribution in [1.29, 1.82) is 0 Å². The third-order valence-electron chi connectivity index (χ3n) is 6.62. The molecule has 3 atom stereocenters. The van der Waals surface area contributed by atoms with Crippen molar-refractivity contribution < 1.29 is 37.3 Å². The molecule has 3 rings (SSSR count). The normalized spacial score (nSPS) is 17.7. The molecule has 38 heavy (non-hydrogen) atoms. The Morgan fingerprint density at radius 3 is 2.76 bits per heavy atom. The van der Waals surface area contributed by atoms with E-state index in [-0.39, 0.29) is 36.4 Å². The van der Waals surface area contributed by atoms with Crippen LogP contribution < -0.4 is 4.74 Å². The lowest BCUT2D eigenvalue weighted by molar-refractivity contribution is -0.137. The second-order valence-corrected chi connectivity index (χ2v) is 9.43. The number of esters is 1. The van der Waals surface area contributed by atoms with Crippen LogP contribution in [0.1, 0.15) is 55.0 Å². The van der Waals surface area contributed by atoms with E-state index < -0.39 is 24.8 Å². The number of carbonyl (C=O) groups excluding carboxylic acids is 1. The molecule has 6 nitrogen and oxygen atoms in total. The van der Waals surface area contributed by atoms with Crippen LogP contribution in [0.2, 0.25) is 0 Å². The Labute approximate surface area is 222 Å². The smallest absolute Gasteiger partial charge is 0.387 e. The largest absolute Gasteiger partial charge is 0.463 e. The minimum Gasteiger partial charge on any atom is -0.463 e. The number of halogens is 3. The minimum atomic E-state index is -3.04. The summed E-state index contributed by atoms with van der Waals surface area (Å²) in [7, 11) is 0. The number of nitrogens with zero attached hydrogens (tertiary/aromatic N) is 1. The lowest BCUT2D eigenvalue weighted by atomic mass is 10.0. The van der Waals surface area contributed by atoms with Crippen LogP contribution in [0, 0.1) is 12.7 Å². The van der Waals surface area contributed by atoms with Gasteiger partial charge in [-0.05, 0) is 81.5 Å². The zero-order valence-corrected chi connectivity index (χ0v) is 22.0. The van der Waals surface area contributed by atoms with Crippen molar-refractivity contribution in [2.75, 3.05) is 26.3 Å². The Hall–Kier alpha value is -2.88. The first-order valence-electron chi connectivity index (χ1n) is 12.9. The summed E-state index contributed by atoms with van der Waals surface area (Å²) in [5.74, 6) is -0.918. The highest BCUT2D eigenvalue weighted by Gasteiger charge is 2.27. The predicted molar refractivity (Wildman–Crippen MR) is 139 cm³/mol. The van der Waals surface area contributed by atoms with Gasteiger partial charge in [-0.1, -0.05) is 24.3 Å². The number of β-amino-alcohol motifs (C(OH)–C–C–N with tert-alkyl or cyclic N) is 1. The maximum Gasteiger partial charge on any atom is 0.387 e. The standard InChI is InChI=1S/C29H36F3NO5/c1-4-36-28(35)13-12-25-24(8-5-9-27(25)38-29(31)32)20(3)37-18-23(34)17-33-14-6-7-22(33)15-21-11-10-19(2)26(30)16-21/h5,8-13,16,20,22-23,29,34H,4,6-7,14-15,17-18H2,1-3H3/b13-12+/t20-,22+,23-/m1/s1. The van der Waals surface area contributed by atoms with E-state index in [2.05, 4.69) is 9.64 Å². The fraction of sp³-hybridized carbons (Fsp3) is 0.483. The molecule has 2 aromatic carbocycles. The third-order valence-corrected chi connectivity index (χ3v) is 6.62. The average Bonchev–Trinajstić information content (AvgIpc) is 3.29. The molecule has 1 fully saturated rings. The van der Waals surface area contributed by atoms with E-state index >= 15 is 0 Å². The molecule has 1 heterocycles. The van der Waals surface area contributed by atoms with Crippen molar-refractivity contribution in [2.45, 2.75) is 64.9 Å². The molecule has 2 aromatic rings. The van der Waals surface area contributed by atoms with Gasteiger partial charge in [-0.2, -0.15) is 8.78 Å². The van der Waals surface area contributed by atoms with Crippen LogP contribution in [0.5, 0.6) is 5.75 Å². The molecule has 1 aliphatic rings. The number of hydrogen-bond acceptors (Lipinski definition) is 6. The number of likely N-dealkylation sites (tertiary alicyclic amines) is 1. The van der Waals surface area contributed by atoms with Gasteiger partial charge in [0.2, 0.25) is 0 Å². The maximum absolute atomic E-state index is 14.0. The number of aryl methyl sites for hydroxylation is 1. The van der Waals surface area contributed by atoms with Gasteiger partial charge in [0.15, 0.2) is 0 Å². The predicted octanol–water partition coefficient (Wildman–Crippen LogP) is 5.46. The molecule has 1 aliphatic heterocycles. The van der Waals surface area contributed by atoms with Gasteiger partial charge in [-0.3, -0.25) is 4.90 Å². The number of alkyl halides is 2. The van der Waals surface area contributed by atoms with Crippen LogP contribution in [0.3, 0.4) is 0 Å². The summed E-state index contributed by atoms with van der Waals surface area (Å²) in [4.78, 5) is 14.0. The molecule has 0 bridgehead atoms. The Bertz CT molecular complexity index is 1090. The highest BCUT2D eigenvalue weighted by Crippen LogP contribution is 2.31. The number of carbonyl (C=O) groups is 1. The SMILES string of the molecule is CCOC(=O)/C=C/c1c(OC(F)F)cccc1[C@@H](C)OC[C@H](O)CN1CCC[C@H]1Cc1ccc(C)c(F)c1. The topological polar surface area (TPSA) is 68.2 Å². The highest BCUT2D eigenvalue weighted by atomic mass is 19.3. The van der Waals surface area contributed by atoms with Crippen molar-refractivity contribution in [3.05, 3.63) is 70.5 Å². The molecule has 0 amide bonds. The van der Waals surface area contributed by atoms with Gasteiger partial charge in [-0.15, -0.1) is 0 Å². The molecular weight excluding hydrogens is 499 g/mol. The molecule has 9 heteroatoms. The molecular formula is C29H36F3NO5. The van der Waals surface area contributed by atoms with Gasteiger partial charge < -0.3 is 19.3 Å². The van der Waals surface area contributed by atoms with Gasteiger partial charge in [0.1, 0.15) is 11.6 Å². The van der Waals surface area contributed by atoms with Crippen molar-refractivity contribution >= 4 is 12.0 Å². The molecule has 0 aromatic heterocycles. The van der Waals surface area contributed by atoms with E-state index in [0.29, 0.717) is 24.1 Å². The molecule has 0 saturated carbocycles. The second-order valence-electron chi connectivity index (χ2n) is 9.43. The van der Waals surface area contributed by atoms with Crippen LogP contribution >= 0.6 is 0 Å². The quantitative estimate of drug-likeness (QED) is 0.272. The summed E-state index contributed by atoms with van der Waals surface area (Å²) >= 11 is 0. The highest BCUT2D eigenvalue weighted by molar-refractivity contribution is 5.88. The van der Waals surface area contributed by atoms with Crippen molar-refractivity contribution in [1.82, 2.24) is 4.90 Å². The summed E-state index contributed by atoms with van der Waals surface area (Å²) < 4.78 is 55.4. The number of rotatable bonds is 13. The fourth-order valence-corrected chi connectivity index (χ4v) is 4.71. The second kappa shape index (κ2) is 14.3. The van der Waals surface area contributed by atoms with Crippen molar-refractivity contribution in [2.24, 2.45) is 0 Å². The van der Waals surface area contributed by atoms with Crippen LogP contribution in [-0.4, -0.2) is 61.0 Å². The first kappa shape index (κ1) is 29.7. The molecule has 208 valence electrons. The van der Waals surface area contributed by atoms with E-state index in [1.807, 2.05) is 6.07 Å². The zero-order chi connectivity index (χ0) is 27.7. The number of aliphatic hydroxyl groups is 1. The molecule has 0 radical (unpaired) electrons. The Morgan fingerprint density at radius 2 is 2.05 bits per heavy atom. The first-order valence-corrected chi connectivity index (χ1v) is 12.9. The third kappa shape index (κ3) is 8.58.